The van der Waals surface area contributed by atoms with Crippen molar-refractivity contribution in [1.82, 2.24) is 10.6 Å². The van der Waals surface area contributed by atoms with Gasteiger partial charge in [-0.05, 0) is 62.8 Å². The molecule has 2 saturated carbocycles. The zero-order valence-corrected chi connectivity index (χ0v) is 15.5. The summed E-state index contributed by atoms with van der Waals surface area (Å²) in [6.45, 7) is 1.12. The van der Waals surface area contributed by atoms with Gasteiger partial charge in [-0.2, -0.15) is 0 Å². The van der Waals surface area contributed by atoms with Gasteiger partial charge in [-0.25, -0.2) is 4.39 Å². The second-order valence-corrected chi connectivity index (χ2v) is 8.01. The highest BCUT2D eigenvalue weighted by molar-refractivity contribution is 6.31. The highest BCUT2D eigenvalue weighted by Crippen LogP contribution is 2.27. The van der Waals surface area contributed by atoms with Crippen molar-refractivity contribution < 1.29 is 9.18 Å². The summed E-state index contributed by atoms with van der Waals surface area (Å²) in [4.78, 5) is 12.3. The van der Waals surface area contributed by atoms with Crippen molar-refractivity contribution in [1.29, 1.82) is 0 Å². The number of hydrogen-bond donors (Lipinski definition) is 2. The molecule has 0 aliphatic heterocycles. The van der Waals surface area contributed by atoms with Crippen molar-refractivity contribution in [3.05, 3.63) is 34.6 Å². The number of amides is 1. The Hall–Kier alpha value is -1.13. The predicted octanol–water partition coefficient (Wildman–Crippen LogP) is 4.69. The number of carbonyl (C=O) groups excluding carboxylic acids is 1. The molecule has 3 rings (SSSR count). The van der Waals surface area contributed by atoms with Gasteiger partial charge in [0.15, 0.2) is 0 Å². The van der Waals surface area contributed by atoms with E-state index in [9.17, 15) is 9.18 Å². The van der Waals surface area contributed by atoms with E-state index < -0.39 is 5.82 Å². The summed E-state index contributed by atoms with van der Waals surface area (Å²) >= 11 is 5.82. The van der Waals surface area contributed by atoms with Crippen LogP contribution in [-0.2, 0) is 0 Å². The van der Waals surface area contributed by atoms with Gasteiger partial charge in [0.05, 0.1) is 0 Å². The van der Waals surface area contributed by atoms with Crippen molar-refractivity contribution in [2.75, 3.05) is 6.54 Å². The molecule has 2 aliphatic carbocycles. The second-order valence-electron chi connectivity index (χ2n) is 7.57. The molecule has 138 valence electrons. The van der Waals surface area contributed by atoms with E-state index in [4.69, 9.17) is 11.6 Å². The lowest BCUT2D eigenvalue weighted by Crippen LogP contribution is -2.42. The van der Waals surface area contributed by atoms with Gasteiger partial charge in [-0.3, -0.25) is 4.79 Å². The molecule has 0 unspecified atom stereocenters. The molecule has 2 N–H and O–H groups in total. The van der Waals surface area contributed by atoms with Gasteiger partial charge in [0, 0.05) is 22.7 Å². The van der Waals surface area contributed by atoms with Gasteiger partial charge in [-0.1, -0.05) is 37.3 Å². The number of benzene rings is 1. The minimum atomic E-state index is -0.479. The van der Waals surface area contributed by atoms with Crippen LogP contribution in [0, 0.1) is 11.7 Å². The maximum atomic E-state index is 13.4. The fraction of sp³-hybridized carbons (Fsp3) is 0.650. The van der Waals surface area contributed by atoms with Crippen molar-refractivity contribution >= 4 is 17.5 Å². The first-order valence-electron chi connectivity index (χ1n) is 9.60. The molecular weight excluding hydrogens is 339 g/mol. The van der Waals surface area contributed by atoms with Crippen LogP contribution in [0.15, 0.2) is 18.2 Å². The lowest BCUT2D eigenvalue weighted by molar-refractivity contribution is 0.0923. The molecule has 5 heteroatoms. The lowest BCUT2D eigenvalue weighted by Gasteiger charge is -2.30. The Bertz CT molecular complexity index is 561. The minimum Gasteiger partial charge on any atom is -0.349 e. The van der Waals surface area contributed by atoms with E-state index in [0.29, 0.717) is 11.6 Å². The highest BCUT2D eigenvalue weighted by Gasteiger charge is 2.23. The van der Waals surface area contributed by atoms with E-state index in [2.05, 4.69) is 10.6 Å². The zero-order valence-electron chi connectivity index (χ0n) is 14.7. The summed E-state index contributed by atoms with van der Waals surface area (Å²) < 4.78 is 13.4. The first-order chi connectivity index (χ1) is 12.1. The fourth-order valence-corrected chi connectivity index (χ4v) is 4.41. The van der Waals surface area contributed by atoms with Crippen LogP contribution in [0.1, 0.15) is 68.1 Å². The molecule has 0 bridgehead atoms. The Balaban J connectivity index is 1.37. The van der Waals surface area contributed by atoms with E-state index in [0.717, 1.165) is 38.1 Å². The molecule has 0 radical (unpaired) electrons. The van der Waals surface area contributed by atoms with E-state index in [1.54, 1.807) is 0 Å². The Morgan fingerprint density at radius 2 is 1.72 bits per heavy atom. The molecule has 0 spiro atoms. The van der Waals surface area contributed by atoms with Gasteiger partial charge in [0.2, 0.25) is 0 Å². The minimum absolute atomic E-state index is 0.169. The summed E-state index contributed by atoms with van der Waals surface area (Å²) in [5.74, 6) is 0.216. The van der Waals surface area contributed by atoms with Crippen molar-refractivity contribution in [2.24, 2.45) is 5.92 Å². The average Bonchev–Trinajstić information content (AvgIpc) is 3.09. The topological polar surface area (TPSA) is 41.1 Å². The maximum absolute atomic E-state index is 13.4. The van der Waals surface area contributed by atoms with Crippen LogP contribution in [-0.4, -0.2) is 24.5 Å². The molecule has 25 heavy (non-hydrogen) atoms. The summed E-state index contributed by atoms with van der Waals surface area (Å²) in [6, 6.07) is 4.69. The Kier molecular flexibility index (Phi) is 6.71. The van der Waals surface area contributed by atoms with E-state index >= 15 is 0 Å². The number of rotatable bonds is 6. The van der Waals surface area contributed by atoms with Gasteiger partial charge in [0.1, 0.15) is 5.82 Å². The van der Waals surface area contributed by atoms with Gasteiger partial charge in [-0.15, -0.1) is 0 Å². The quantitative estimate of drug-likeness (QED) is 0.766. The zero-order chi connectivity index (χ0) is 17.6. The fourth-order valence-electron chi connectivity index (χ4n) is 4.19. The lowest BCUT2D eigenvalue weighted by atomic mass is 9.90. The molecule has 0 saturated heterocycles. The SMILES string of the molecule is O=C(N[C@H]1CC[C@@H](NCCC2CCCC2)CC1)c1cc(F)cc(Cl)c1. The molecule has 3 nitrogen and oxygen atoms in total. The average molecular weight is 367 g/mol. The summed E-state index contributed by atoms with van der Waals surface area (Å²) in [6.07, 6.45) is 11.0. The van der Waals surface area contributed by atoms with Crippen LogP contribution in [0.2, 0.25) is 5.02 Å². The third-order valence-electron chi connectivity index (χ3n) is 5.65. The standard InChI is InChI=1S/C20H28ClFN2O/c21-16-11-15(12-17(22)13-16)20(25)24-19-7-5-18(6-8-19)23-10-9-14-3-1-2-4-14/h11-14,18-19,23H,1-10H2,(H,24,25)/t18-,19+. The normalized spacial score (nSPS) is 24.4. The Morgan fingerprint density at radius 1 is 1.04 bits per heavy atom. The Morgan fingerprint density at radius 3 is 2.40 bits per heavy atom. The number of hydrogen-bond acceptors (Lipinski definition) is 2. The van der Waals surface area contributed by atoms with E-state index in [-0.39, 0.29) is 17.0 Å². The maximum Gasteiger partial charge on any atom is 0.251 e. The van der Waals surface area contributed by atoms with Crippen LogP contribution in [0.4, 0.5) is 4.39 Å². The third kappa shape index (κ3) is 5.68. The predicted molar refractivity (Wildman–Crippen MR) is 99.5 cm³/mol. The highest BCUT2D eigenvalue weighted by atomic mass is 35.5. The molecule has 1 aromatic rings. The summed E-state index contributed by atoms with van der Waals surface area (Å²) in [7, 11) is 0. The van der Waals surface area contributed by atoms with Crippen LogP contribution in [0.25, 0.3) is 0 Å². The molecule has 1 amide bonds. The van der Waals surface area contributed by atoms with Gasteiger partial charge in [0.25, 0.3) is 5.91 Å². The smallest absolute Gasteiger partial charge is 0.251 e. The van der Waals surface area contributed by atoms with Crippen LogP contribution >= 0.6 is 11.6 Å². The van der Waals surface area contributed by atoms with Crippen molar-refractivity contribution in [3.8, 4) is 0 Å². The van der Waals surface area contributed by atoms with Crippen LogP contribution < -0.4 is 10.6 Å². The molecule has 1 aromatic carbocycles. The largest absolute Gasteiger partial charge is 0.349 e. The summed E-state index contributed by atoms with van der Waals surface area (Å²) in [5, 5.41) is 6.96. The first kappa shape index (κ1) is 18.7. The first-order valence-corrected chi connectivity index (χ1v) is 9.98. The van der Waals surface area contributed by atoms with E-state index in [1.807, 2.05) is 0 Å². The monoisotopic (exact) mass is 366 g/mol. The second kappa shape index (κ2) is 9.00. The van der Waals surface area contributed by atoms with Gasteiger partial charge >= 0.3 is 0 Å². The Labute approximate surface area is 154 Å². The molecule has 2 aliphatic rings. The number of carbonyl (C=O) groups is 1. The number of nitrogens with one attached hydrogen (secondary N) is 2. The van der Waals surface area contributed by atoms with Crippen molar-refractivity contribution in [3.63, 3.8) is 0 Å². The molecule has 2 fully saturated rings. The van der Waals surface area contributed by atoms with Crippen LogP contribution in [0.5, 0.6) is 0 Å². The van der Waals surface area contributed by atoms with Crippen molar-refractivity contribution in [2.45, 2.75) is 69.9 Å². The number of halogens is 2. The van der Waals surface area contributed by atoms with E-state index in [1.165, 1.54) is 50.3 Å². The molecule has 0 aromatic heterocycles. The third-order valence-corrected chi connectivity index (χ3v) is 5.87. The van der Waals surface area contributed by atoms with Gasteiger partial charge < -0.3 is 10.6 Å². The molecule has 0 heterocycles. The van der Waals surface area contributed by atoms with Crippen LogP contribution in [0.3, 0.4) is 0 Å². The molecular formula is C20H28ClFN2O. The molecule has 0 atom stereocenters. The summed E-state index contributed by atoms with van der Waals surface area (Å²) in [5.41, 5.74) is 0.293.